The van der Waals surface area contributed by atoms with Crippen molar-refractivity contribution >= 4 is 9.84 Å². The molecule has 2 unspecified atom stereocenters. The molecule has 2 aromatic rings. The molecule has 7 heteroatoms. The molecule has 112 valence electrons. The molecule has 0 radical (unpaired) electrons. The molecule has 1 aliphatic rings. The summed E-state index contributed by atoms with van der Waals surface area (Å²) < 4.78 is 28.5. The Bertz CT molecular complexity index is 754. The summed E-state index contributed by atoms with van der Waals surface area (Å²) in [6, 6.07) is 8.08. The third kappa shape index (κ3) is 2.71. The average Bonchev–Trinajstić information content (AvgIpc) is 2.94. The molecule has 1 aromatic carbocycles. The molecular weight excluding hydrogens is 290 g/mol. The lowest BCUT2D eigenvalue weighted by Gasteiger charge is -2.23. The zero-order valence-corrected chi connectivity index (χ0v) is 12.7. The van der Waals surface area contributed by atoms with Gasteiger partial charge in [0, 0.05) is 19.3 Å². The number of hydrogen-bond donors (Lipinski definition) is 1. The van der Waals surface area contributed by atoms with Crippen molar-refractivity contribution in [3.63, 3.8) is 0 Å². The van der Waals surface area contributed by atoms with Gasteiger partial charge in [0.2, 0.25) is 5.89 Å². The molecule has 1 N–H and O–H groups in total. The number of nitrogens with one attached hydrogen (secondary N) is 1. The minimum atomic E-state index is -3.23. The zero-order valence-electron chi connectivity index (χ0n) is 11.9. The number of sulfone groups is 1. The minimum Gasteiger partial charge on any atom is -0.339 e. The van der Waals surface area contributed by atoms with Crippen LogP contribution in [-0.2, 0) is 16.4 Å². The van der Waals surface area contributed by atoms with Crippen LogP contribution in [0.15, 0.2) is 28.8 Å². The first-order chi connectivity index (χ1) is 9.97. The molecule has 0 saturated carbocycles. The maximum atomic E-state index is 11.6. The Balaban J connectivity index is 1.95. The van der Waals surface area contributed by atoms with Gasteiger partial charge in [-0.15, -0.1) is 0 Å². The fourth-order valence-corrected chi connectivity index (χ4v) is 2.94. The Labute approximate surface area is 123 Å². The van der Waals surface area contributed by atoms with E-state index >= 15 is 0 Å². The lowest BCUT2D eigenvalue weighted by Crippen LogP contribution is -2.28. The smallest absolute Gasteiger partial charge is 0.235 e. The molecule has 1 aliphatic heterocycles. The van der Waals surface area contributed by atoms with Crippen LogP contribution in [0.25, 0.3) is 0 Å². The predicted molar refractivity (Wildman–Crippen MR) is 77.5 cm³/mol. The van der Waals surface area contributed by atoms with Crippen LogP contribution < -0.4 is 5.32 Å². The van der Waals surface area contributed by atoms with Crippen LogP contribution in [-0.4, -0.2) is 31.4 Å². The van der Waals surface area contributed by atoms with Crippen LogP contribution in [0.2, 0.25) is 0 Å². The van der Waals surface area contributed by atoms with Crippen molar-refractivity contribution in [2.24, 2.45) is 0 Å². The maximum Gasteiger partial charge on any atom is 0.235 e. The lowest BCUT2D eigenvalue weighted by atomic mass is 9.91. The van der Waals surface area contributed by atoms with Crippen molar-refractivity contribution in [2.75, 3.05) is 12.8 Å². The van der Waals surface area contributed by atoms with E-state index in [0.717, 1.165) is 12.1 Å². The minimum absolute atomic E-state index is 0.0389. The Morgan fingerprint density at radius 3 is 2.90 bits per heavy atom. The van der Waals surface area contributed by atoms with Gasteiger partial charge in [0.15, 0.2) is 15.7 Å². The van der Waals surface area contributed by atoms with Crippen molar-refractivity contribution in [2.45, 2.75) is 24.6 Å². The summed E-state index contributed by atoms with van der Waals surface area (Å²) in [7, 11) is -3.23. The summed E-state index contributed by atoms with van der Waals surface area (Å²) in [6.07, 6.45) is 1.17. The molecule has 2 atom stereocenters. The highest BCUT2D eigenvalue weighted by Crippen LogP contribution is 2.30. The molecule has 0 saturated heterocycles. The van der Waals surface area contributed by atoms with Crippen LogP contribution in [0.1, 0.15) is 40.9 Å². The Morgan fingerprint density at radius 1 is 1.38 bits per heavy atom. The van der Waals surface area contributed by atoms with E-state index in [1.807, 2.05) is 18.2 Å². The average molecular weight is 307 g/mol. The van der Waals surface area contributed by atoms with E-state index < -0.39 is 15.1 Å². The third-order valence-electron chi connectivity index (χ3n) is 3.86. The normalized spacial score (nSPS) is 20.0. The van der Waals surface area contributed by atoms with Crippen LogP contribution in [0.3, 0.4) is 0 Å². The van der Waals surface area contributed by atoms with Crippen LogP contribution in [0.4, 0.5) is 0 Å². The molecule has 6 nitrogen and oxygen atoms in total. The van der Waals surface area contributed by atoms with Crippen molar-refractivity contribution in [3.05, 3.63) is 47.1 Å². The van der Waals surface area contributed by atoms with Crippen LogP contribution in [0, 0.1) is 0 Å². The summed E-state index contributed by atoms with van der Waals surface area (Å²) in [5.41, 5.74) is 2.35. The van der Waals surface area contributed by atoms with Gasteiger partial charge >= 0.3 is 0 Å². The Morgan fingerprint density at radius 2 is 2.14 bits per heavy atom. The molecule has 0 spiro atoms. The van der Waals surface area contributed by atoms with E-state index in [9.17, 15) is 8.42 Å². The number of aromatic nitrogens is 2. The number of hydrogen-bond acceptors (Lipinski definition) is 6. The van der Waals surface area contributed by atoms with Crippen LogP contribution >= 0.6 is 0 Å². The maximum absolute atomic E-state index is 11.6. The quantitative estimate of drug-likeness (QED) is 0.923. The summed E-state index contributed by atoms with van der Waals surface area (Å²) in [4.78, 5) is 4.30. The van der Waals surface area contributed by atoms with E-state index in [1.165, 1.54) is 11.8 Å². The molecule has 0 amide bonds. The third-order valence-corrected chi connectivity index (χ3v) is 5.35. The van der Waals surface area contributed by atoms with Gasteiger partial charge in [-0.1, -0.05) is 29.4 Å². The first kappa shape index (κ1) is 14.2. The fraction of sp³-hybridized carbons (Fsp3) is 0.429. The number of fused-ring (bicyclic) bond motifs is 1. The summed E-state index contributed by atoms with van der Waals surface area (Å²) >= 11 is 0. The highest BCUT2D eigenvalue weighted by atomic mass is 32.2. The van der Waals surface area contributed by atoms with Crippen molar-refractivity contribution in [3.8, 4) is 0 Å². The lowest BCUT2D eigenvalue weighted by molar-refractivity contribution is 0.352. The van der Waals surface area contributed by atoms with Crippen LogP contribution in [0.5, 0.6) is 0 Å². The second-order valence-corrected chi connectivity index (χ2v) is 7.71. The van der Waals surface area contributed by atoms with E-state index in [-0.39, 0.29) is 11.7 Å². The van der Waals surface area contributed by atoms with Crippen molar-refractivity contribution in [1.82, 2.24) is 15.5 Å². The van der Waals surface area contributed by atoms with Gasteiger partial charge in [-0.25, -0.2) is 8.42 Å². The standard InChI is InChI=1S/C14H17N3O3S/c1-9(21(2,18)19)13-16-14(20-17-13)12-8-15-7-10-5-3-4-6-11(10)12/h3-6,9,12,15H,7-8H2,1-2H3. The van der Waals surface area contributed by atoms with E-state index in [2.05, 4.69) is 21.5 Å². The first-order valence-electron chi connectivity index (χ1n) is 6.77. The second kappa shape index (κ2) is 5.23. The number of nitrogens with zero attached hydrogens (tertiary/aromatic N) is 2. The summed E-state index contributed by atoms with van der Waals surface area (Å²) in [5, 5.41) is 6.39. The van der Waals surface area contributed by atoms with Gasteiger partial charge in [0.1, 0.15) is 5.25 Å². The first-order valence-corrected chi connectivity index (χ1v) is 8.73. The largest absolute Gasteiger partial charge is 0.339 e. The number of rotatable bonds is 3. The summed E-state index contributed by atoms with van der Waals surface area (Å²) in [6.45, 7) is 3.08. The van der Waals surface area contributed by atoms with Gasteiger partial charge in [-0.3, -0.25) is 0 Å². The number of benzene rings is 1. The molecule has 1 aromatic heterocycles. The Kier molecular flexibility index (Phi) is 3.54. The van der Waals surface area contributed by atoms with Gasteiger partial charge in [-0.2, -0.15) is 4.98 Å². The monoisotopic (exact) mass is 307 g/mol. The van der Waals surface area contributed by atoms with Gasteiger partial charge in [0.25, 0.3) is 0 Å². The van der Waals surface area contributed by atoms with Crippen molar-refractivity contribution in [1.29, 1.82) is 0 Å². The fourth-order valence-electron chi connectivity index (χ4n) is 2.46. The molecule has 3 rings (SSSR count). The molecule has 0 bridgehead atoms. The van der Waals surface area contributed by atoms with Gasteiger partial charge < -0.3 is 9.84 Å². The zero-order chi connectivity index (χ0) is 15.0. The molecule has 2 heterocycles. The van der Waals surface area contributed by atoms with Crippen molar-refractivity contribution < 1.29 is 12.9 Å². The highest BCUT2D eigenvalue weighted by Gasteiger charge is 2.29. The van der Waals surface area contributed by atoms with E-state index in [0.29, 0.717) is 12.4 Å². The molecule has 21 heavy (non-hydrogen) atoms. The SMILES string of the molecule is CC(c1noc(C2CNCc3ccccc32)n1)S(C)(=O)=O. The predicted octanol–water partition coefficient (Wildman–Crippen LogP) is 1.41. The molecular formula is C14H17N3O3S. The Hall–Kier alpha value is -1.73. The highest BCUT2D eigenvalue weighted by molar-refractivity contribution is 7.90. The molecule has 0 aliphatic carbocycles. The summed E-state index contributed by atoms with van der Waals surface area (Å²) in [5.74, 6) is 0.638. The van der Waals surface area contributed by atoms with E-state index in [1.54, 1.807) is 6.92 Å². The second-order valence-electron chi connectivity index (χ2n) is 5.34. The topological polar surface area (TPSA) is 85.1 Å². The molecule has 0 fully saturated rings. The van der Waals surface area contributed by atoms with Gasteiger partial charge in [0.05, 0.1) is 5.92 Å². The van der Waals surface area contributed by atoms with E-state index in [4.69, 9.17) is 4.52 Å². The van der Waals surface area contributed by atoms with Gasteiger partial charge in [-0.05, 0) is 18.1 Å².